The third-order valence-corrected chi connectivity index (χ3v) is 3.38. The fraction of sp³-hybridized carbons (Fsp3) is 0.455. The number of nitrogens with zero attached hydrogens (tertiary/aromatic N) is 1. The number of aliphatic carboxylic acids is 1. The van der Waals surface area contributed by atoms with Gasteiger partial charge in [-0.25, -0.2) is 4.79 Å². The Morgan fingerprint density at radius 2 is 2.18 bits per heavy atom. The molecule has 2 rings (SSSR count). The second-order valence-corrected chi connectivity index (χ2v) is 4.79. The maximum atomic E-state index is 11.9. The number of halogens is 1. The molecule has 0 bridgehead atoms. The van der Waals surface area contributed by atoms with Crippen LogP contribution in [0.1, 0.15) is 29.8 Å². The number of hydrogen-bond acceptors (Lipinski definition) is 2. The van der Waals surface area contributed by atoms with E-state index < -0.39 is 17.4 Å². The normalized spacial score (nSPS) is 17.3. The molecule has 0 saturated heterocycles. The molecule has 0 radical (unpaired) electrons. The molecule has 6 heteroatoms. The SMILES string of the molecule is Cn1cc(Cl)cc1C(=O)NC1(C(=O)O)CCC1. The fourth-order valence-corrected chi connectivity index (χ4v) is 2.20. The van der Waals surface area contributed by atoms with Crippen molar-refractivity contribution in [1.29, 1.82) is 0 Å². The minimum atomic E-state index is -1.09. The Kier molecular flexibility index (Phi) is 2.87. The first kappa shape index (κ1) is 12.0. The summed E-state index contributed by atoms with van der Waals surface area (Å²) in [6, 6.07) is 1.52. The molecule has 1 aliphatic carbocycles. The molecule has 92 valence electrons. The van der Waals surface area contributed by atoms with Gasteiger partial charge in [-0.2, -0.15) is 0 Å². The third-order valence-electron chi connectivity index (χ3n) is 3.17. The number of carboxylic acid groups (broad SMARTS) is 1. The van der Waals surface area contributed by atoms with Gasteiger partial charge in [0.15, 0.2) is 0 Å². The maximum Gasteiger partial charge on any atom is 0.329 e. The number of amides is 1. The van der Waals surface area contributed by atoms with Crippen molar-refractivity contribution >= 4 is 23.5 Å². The molecule has 0 unspecified atom stereocenters. The topological polar surface area (TPSA) is 71.3 Å². The molecule has 1 aromatic rings. The molecule has 0 aliphatic heterocycles. The Morgan fingerprint density at radius 1 is 1.53 bits per heavy atom. The zero-order chi connectivity index (χ0) is 12.6. The highest BCUT2D eigenvalue weighted by Crippen LogP contribution is 2.32. The van der Waals surface area contributed by atoms with Crippen molar-refractivity contribution in [3.63, 3.8) is 0 Å². The quantitative estimate of drug-likeness (QED) is 0.859. The smallest absolute Gasteiger partial charge is 0.329 e. The van der Waals surface area contributed by atoms with Gasteiger partial charge in [0.1, 0.15) is 11.2 Å². The van der Waals surface area contributed by atoms with E-state index in [9.17, 15) is 9.59 Å². The summed E-state index contributed by atoms with van der Waals surface area (Å²) in [5.74, 6) is -1.38. The predicted molar refractivity (Wildman–Crippen MR) is 62.1 cm³/mol. The lowest BCUT2D eigenvalue weighted by molar-refractivity contribution is -0.148. The number of aryl methyl sites for hydroxylation is 1. The number of aromatic nitrogens is 1. The van der Waals surface area contributed by atoms with E-state index in [2.05, 4.69) is 5.32 Å². The van der Waals surface area contributed by atoms with Gasteiger partial charge < -0.3 is 15.0 Å². The molecule has 1 heterocycles. The third kappa shape index (κ3) is 2.02. The zero-order valence-electron chi connectivity index (χ0n) is 9.36. The first-order valence-corrected chi connectivity index (χ1v) is 5.70. The van der Waals surface area contributed by atoms with Gasteiger partial charge in [-0.3, -0.25) is 4.79 Å². The van der Waals surface area contributed by atoms with Gasteiger partial charge in [-0.1, -0.05) is 11.6 Å². The van der Waals surface area contributed by atoms with Crippen LogP contribution in [-0.4, -0.2) is 27.1 Å². The molecule has 1 saturated carbocycles. The van der Waals surface area contributed by atoms with E-state index >= 15 is 0 Å². The van der Waals surface area contributed by atoms with E-state index in [0.717, 1.165) is 6.42 Å². The highest BCUT2D eigenvalue weighted by atomic mass is 35.5. The number of nitrogens with one attached hydrogen (secondary N) is 1. The lowest BCUT2D eigenvalue weighted by Crippen LogP contribution is -2.59. The highest BCUT2D eigenvalue weighted by molar-refractivity contribution is 6.31. The standard InChI is InChI=1S/C11H13ClN2O3/c1-14-6-7(12)5-8(14)9(15)13-11(10(16)17)3-2-4-11/h5-6H,2-4H2,1H3,(H,13,15)(H,16,17). The first-order valence-electron chi connectivity index (χ1n) is 5.32. The van der Waals surface area contributed by atoms with Crippen molar-refractivity contribution in [3.8, 4) is 0 Å². The molecule has 0 atom stereocenters. The summed E-state index contributed by atoms with van der Waals surface area (Å²) in [5, 5.41) is 12.1. The van der Waals surface area contributed by atoms with E-state index in [4.69, 9.17) is 16.7 Å². The molecule has 1 aliphatic rings. The van der Waals surface area contributed by atoms with E-state index in [1.165, 1.54) is 6.07 Å². The highest BCUT2D eigenvalue weighted by Gasteiger charge is 2.46. The van der Waals surface area contributed by atoms with Crippen molar-refractivity contribution < 1.29 is 14.7 Å². The van der Waals surface area contributed by atoms with Crippen LogP contribution in [0.15, 0.2) is 12.3 Å². The lowest BCUT2D eigenvalue weighted by Gasteiger charge is -2.38. The molecular weight excluding hydrogens is 244 g/mol. The van der Waals surface area contributed by atoms with Gasteiger partial charge in [0.05, 0.1) is 5.02 Å². The van der Waals surface area contributed by atoms with Gasteiger partial charge >= 0.3 is 5.97 Å². The maximum absolute atomic E-state index is 11.9. The van der Waals surface area contributed by atoms with E-state index in [1.54, 1.807) is 17.8 Å². The van der Waals surface area contributed by atoms with E-state index in [1.807, 2.05) is 0 Å². The molecule has 17 heavy (non-hydrogen) atoms. The molecule has 1 amide bonds. The van der Waals surface area contributed by atoms with Crippen LogP contribution in [0.3, 0.4) is 0 Å². The Balaban J connectivity index is 2.17. The molecule has 0 aromatic carbocycles. The average molecular weight is 257 g/mol. The minimum absolute atomic E-state index is 0.363. The number of rotatable bonds is 3. The molecule has 0 spiro atoms. The summed E-state index contributed by atoms with van der Waals surface area (Å²) < 4.78 is 1.58. The van der Waals surface area contributed by atoms with E-state index in [-0.39, 0.29) is 0 Å². The summed E-state index contributed by atoms with van der Waals surface area (Å²) >= 11 is 5.77. The Bertz CT molecular complexity index is 477. The minimum Gasteiger partial charge on any atom is -0.480 e. The number of hydrogen-bond donors (Lipinski definition) is 2. The summed E-state index contributed by atoms with van der Waals surface area (Å²) in [7, 11) is 1.69. The van der Waals surface area contributed by atoms with Crippen LogP contribution in [0.4, 0.5) is 0 Å². The van der Waals surface area contributed by atoms with Gasteiger partial charge in [-0.15, -0.1) is 0 Å². The van der Waals surface area contributed by atoms with Crippen molar-refractivity contribution in [3.05, 3.63) is 23.0 Å². The van der Waals surface area contributed by atoms with Crippen molar-refractivity contribution in [2.45, 2.75) is 24.8 Å². The van der Waals surface area contributed by atoms with Crippen LogP contribution in [0, 0.1) is 0 Å². The lowest BCUT2D eigenvalue weighted by atomic mass is 9.76. The summed E-state index contributed by atoms with van der Waals surface area (Å²) in [5.41, 5.74) is -0.726. The summed E-state index contributed by atoms with van der Waals surface area (Å²) in [6.07, 6.45) is 3.38. The fourth-order valence-electron chi connectivity index (χ4n) is 1.95. The van der Waals surface area contributed by atoms with Crippen molar-refractivity contribution in [2.24, 2.45) is 7.05 Å². The Hall–Kier alpha value is -1.49. The van der Waals surface area contributed by atoms with Gasteiger partial charge in [0, 0.05) is 13.2 Å². The Morgan fingerprint density at radius 3 is 2.53 bits per heavy atom. The number of carbonyl (C=O) groups excluding carboxylic acids is 1. The molecular formula is C11H13ClN2O3. The van der Waals surface area contributed by atoms with Crippen LogP contribution in [0.25, 0.3) is 0 Å². The van der Waals surface area contributed by atoms with Crippen LogP contribution in [0.2, 0.25) is 5.02 Å². The van der Waals surface area contributed by atoms with Crippen LogP contribution in [-0.2, 0) is 11.8 Å². The van der Waals surface area contributed by atoms with E-state index in [0.29, 0.717) is 23.6 Å². The molecule has 1 fully saturated rings. The monoisotopic (exact) mass is 256 g/mol. The second kappa shape index (κ2) is 4.07. The van der Waals surface area contributed by atoms with Crippen LogP contribution >= 0.6 is 11.6 Å². The van der Waals surface area contributed by atoms with Crippen LogP contribution < -0.4 is 5.32 Å². The first-order chi connectivity index (χ1) is 7.94. The molecule has 1 aromatic heterocycles. The van der Waals surface area contributed by atoms with Gasteiger partial charge in [-0.05, 0) is 25.3 Å². The van der Waals surface area contributed by atoms with Crippen LogP contribution in [0.5, 0.6) is 0 Å². The Labute approximate surface area is 103 Å². The van der Waals surface area contributed by atoms with Crippen molar-refractivity contribution in [2.75, 3.05) is 0 Å². The number of carbonyl (C=O) groups is 2. The number of carboxylic acids is 1. The molecule has 2 N–H and O–H groups in total. The summed E-state index contributed by atoms with van der Waals surface area (Å²) in [6.45, 7) is 0. The molecule has 5 nitrogen and oxygen atoms in total. The van der Waals surface area contributed by atoms with Gasteiger partial charge in [0.25, 0.3) is 5.91 Å². The summed E-state index contributed by atoms with van der Waals surface area (Å²) in [4.78, 5) is 23.1. The average Bonchev–Trinajstić information content (AvgIpc) is 2.50. The van der Waals surface area contributed by atoms with Gasteiger partial charge in [0.2, 0.25) is 0 Å². The zero-order valence-corrected chi connectivity index (χ0v) is 10.1. The largest absolute Gasteiger partial charge is 0.480 e. The second-order valence-electron chi connectivity index (χ2n) is 4.35. The predicted octanol–water partition coefficient (Wildman–Crippen LogP) is 1.42. The van der Waals surface area contributed by atoms with Crippen molar-refractivity contribution in [1.82, 2.24) is 9.88 Å².